The van der Waals surface area contributed by atoms with E-state index in [1.54, 1.807) is 0 Å². The van der Waals surface area contributed by atoms with E-state index in [1.807, 2.05) is 23.9 Å². The highest BCUT2D eigenvalue weighted by atomic mass is 35.5. The average molecular weight is 361 g/mol. The molecule has 0 aromatic heterocycles. The summed E-state index contributed by atoms with van der Waals surface area (Å²) < 4.78 is 0. The first-order valence-electron chi connectivity index (χ1n) is 8.67. The number of thioether (sulfide) groups is 1. The summed E-state index contributed by atoms with van der Waals surface area (Å²) in [5.74, 6) is 1.10. The SMILES string of the molecule is Clc1ccc(SCCNC2CCN(Cc3ccccc3)CC2)cc1. The summed E-state index contributed by atoms with van der Waals surface area (Å²) in [6.07, 6.45) is 2.50. The molecule has 0 amide bonds. The van der Waals surface area contributed by atoms with Crippen molar-refractivity contribution in [3.05, 3.63) is 65.2 Å². The zero-order chi connectivity index (χ0) is 16.6. The van der Waals surface area contributed by atoms with Crippen molar-refractivity contribution in [1.82, 2.24) is 10.2 Å². The van der Waals surface area contributed by atoms with Gasteiger partial charge < -0.3 is 5.32 Å². The van der Waals surface area contributed by atoms with Crippen LogP contribution in [-0.2, 0) is 6.54 Å². The van der Waals surface area contributed by atoms with Gasteiger partial charge in [0.25, 0.3) is 0 Å². The van der Waals surface area contributed by atoms with Crippen LogP contribution in [0.4, 0.5) is 0 Å². The van der Waals surface area contributed by atoms with E-state index in [0.717, 1.165) is 23.9 Å². The van der Waals surface area contributed by atoms with E-state index in [9.17, 15) is 0 Å². The van der Waals surface area contributed by atoms with Crippen molar-refractivity contribution in [3.63, 3.8) is 0 Å². The van der Waals surface area contributed by atoms with Gasteiger partial charge in [0, 0.05) is 34.8 Å². The fourth-order valence-corrected chi connectivity index (χ4v) is 4.01. The Kier molecular flexibility index (Phi) is 7.03. The number of piperidine rings is 1. The quantitative estimate of drug-likeness (QED) is 0.569. The Balaban J connectivity index is 1.30. The van der Waals surface area contributed by atoms with Crippen molar-refractivity contribution in [3.8, 4) is 0 Å². The van der Waals surface area contributed by atoms with E-state index in [0.29, 0.717) is 6.04 Å². The normalized spacial score (nSPS) is 16.4. The lowest BCUT2D eigenvalue weighted by Gasteiger charge is -2.32. The Labute approximate surface area is 154 Å². The smallest absolute Gasteiger partial charge is 0.0406 e. The lowest BCUT2D eigenvalue weighted by molar-refractivity contribution is 0.192. The topological polar surface area (TPSA) is 15.3 Å². The van der Waals surface area contributed by atoms with Crippen LogP contribution in [0.15, 0.2) is 59.5 Å². The first-order chi connectivity index (χ1) is 11.8. The second kappa shape index (κ2) is 9.47. The van der Waals surface area contributed by atoms with Gasteiger partial charge in [-0.25, -0.2) is 0 Å². The molecule has 3 rings (SSSR count). The Hall–Kier alpha value is -1.00. The van der Waals surface area contributed by atoms with Crippen molar-refractivity contribution in [2.45, 2.75) is 30.3 Å². The lowest BCUT2D eigenvalue weighted by Crippen LogP contribution is -2.42. The average Bonchev–Trinajstić information content (AvgIpc) is 2.62. The number of benzene rings is 2. The minimum absolute atomic E-state index is 0.669. The fourth-order valence-electron chi connectivity index (χ4n) is 3.10. The van der Waals surface area contributed by atoms with Crippen molar-refractivity contribution < 1.29 is 0 Å². The Bertz CT molecular complexity index is 595. The molecule has 0 atom stereocenters. The van der Waals surface area contributed by atoms with Gasteiger partial charge >= 0.3 is 0 Å². The van der Waals surface area contributed by atoms with E-state index in [1.165, 1.54) is 36.4 Å². The first-order valence-corrected chi connectivity index (χ1v) is 10.0. The van der Waals surface area contributed by atoms with Crippen LogP contribution in [0.2, 0.25) is 5.02 Å². The molecule has 4 heteroatoms. The summed E-state index contributed by atoms with van der Waals surface area (Å²) in [5.41, 5.74) is 1.42. The Morgan fingerprint density at radius 2 is 1.71 bits per heavy atom. The van der Waals surface area contributed by atoms with Crippen LogP contribution in [0.5, 0.6) is 0 Å². The Morgan fingerprint density at radius 3 is 2.42 bits per heavy atom. The zero-order valence-electron chi connectivity index (χ0n) is 14.0. The molecule has 24 heavy (non-hydrogen) atoms. The van der Waals surface area contributed by atoms with Gasteiger partial charge in [-0.15, -0.1) is 11.8 Å². The molecule has 1 heterocycles. The van der Waals surface area contributed by atoms with Crippen LogP contribution in [0.1, 0.15) is 18.4 Å². The molecule has 0 saturated carbocycles. The van der Waals surface area contributed by atoms with E-state index >= 15 is 0 Å². The summed E-state index contributed by atoms with van der Waals surface area (Å²) in [5, 5.41) is 4.52. The van der Waals surface area contributed by atoms with Gasteiger partial charge in [0.05, 0.1) is 0 Å². The monoisotopic (exact) mass is 360 g/mol. The molecule has 1 saturated heterocycles. The molecule has 2 nitrogen and oxygen atoms in total. The third-order valence-corrected chi connectivity index (χ3v) is 5.72. The summed E-state index contributed by atoms with van der Waals surface area (Å²) in [7, 11) is 0. The predicted molar refractivity (Wildman–Crippen MR) is 105 cm³/mol. The van der Waals surface area contributed by atoms with Crippen molar-refractivity contribution >= 4 is 23.4 Å². The van der Waals surface area contributed by atoms with Gasteiger partial charge in [0.1, 0.15) is 0 Å². The molecular formula is C20H25ClN2S. The highest BCUT2D eigenvalue weighted by molar-refractivity contribution is 7.99. The summed E-state index contributed by atoms with van der Waals surface area (Å²) in [6, 6.07) is 19.6. The highest BCUT2D eigenvalue weighted by Gasteiger charge is 2.18. The number of nitrogens with zero attached hydrogens (tertiary/aromatic N) is 1. The molecule has 1 aliphatic heterocycles. The third-order valence-electron chi connectivity index (χ3n) is 4.45. The fraction of sp³-hybridized carbons (Fsp3) is 0.400. The van der Waals surface area contributed by atoms with Gasteiger partial charge in [-0.2, -0.15) is 0 Å². The molecule has 0 radical (unpaired) electrons. The third kappa shape index (κ3) is 5.82. The predicted octanol–water partition coefficient (Wildman–Crippen LogP) is 4.69. The summed E-state index contributed by atoms with van der Waals surface area (Å²) >= 11 is 7.80. The van der Waals surface area contributed by atoms with Crippen molar-refractivity contribution in [2.24, 2.45) is 0 Å². The number of hydrogen-bond donors (Lipinski definition) is 1. The second-order valence-electron chi connectivity index (χ2n) is 6.29. The first kappa shape index (κ1) is 17.8. The van der Waals surface area contributed by atoms with E-state index in [4.69, 9.17) is 11.6 Å². The molecule has 1 aliphatic rings. The number of rotatable bonds is 7. The van der Waals surface area contributed by atoms with Crippen LogP contribution in [-0.4, -0.2) is 36.3 Å². The summed E-state index contributed by atoms with van der Waals surface area (Å²) in [6.45, 7) is 4.53. The van der Waals surface area contributed by atoms with Crippen LogP contribution < -0.4 is 5.32 Å². The Morgan fingerprint density at radius 1 is 1.00 bits per heavy atom. The molecule has 1 fully saturated rings. The molecule has 2 aromatic carbocycles. The molecule has 2 aromatic rings. The van der Waals surface area contributed by atoms with Gasteiger partial charge in [-0.05, 0) is 55.8 Å². The van der Waals surface area contributed by atoms with Crippen LogP contribution >= 0.6 is 23.4 Å². The number of hydrogen-bond acceptors (Lipinski definition) is 3. The van der Waals surface area contributed by atoms with Gasteiger partial charge in [0.2, 0.25) is 0 Å². The van der Waals surface area contributed by atoms with Gasteiger partial charge in [-0.3, -0.25) is 4.90 Å². The molecular weight excluding hydrogens is 336 g/mol. The van der Waals surface area contributed by atoms with Crippen LogP contribution in [0.3, 0.4) is 0 Å². The molecule has 0 unspecified atom stereocenters. The highest BCUT2D eigenvalue weighted by Crippen LogP contribution is 2.20. The van der Waals surface area contributed by atoms with Crippen LogP contribution in [0.25, 0.3) is 0 Å². The summed E-state index contributed by atoms with van der Waals surface area (Å²) in [4.78, 5) is 3.86. The lowest BCUT2D eigenvalue weighted by atomic mass is 10.0. The number of likely N-dealkylation sites (tertiary alicyclic amines) is 1. The molecule has 0 bridgehead atoms. The van der Waals surface area contributed by atoms with E-state index in [-0.39, 0.29) is 0 Å². The molecule has 0 spiro atoms. The molecule has 128 valence electrons. The van der Waals surface area contributed by atoms with Gasteiger partial charge in [-0.1, -0.05) is 41.9 Å². The van der Waals surface area contributed by atoms with Crippen molar-refractivity contribution in [1.29, 1.82) is 0 Å². The standard InChI is InChI=1S/C20H25ClN2S/c21-18-6-8-20(9-7-18)24-15-12-22-19-10-13-23(14-11-19)16-17-4-2-1-3-5-17/h1-9,19,22H,10-16H2. The van der Waals surface area contributed by atoms with Gasteiger partial charge in [0.15, 0.2) is 0 Å². The second-order valence-corrected chi connectivity index (χ2v) is 7.90. The van der Waals surface area contributed by atoms with Crippen molar-refractivity contribution in [2.75, 3.05) is 25.4 Å². The number of nitrogens with one attached hydrogen (secondary N) is 1. The largest absolute Gasteiger partial charge is 0.313 e. The maximum atomic E-state index is 5.91. The molecule has 1 N–H and O–H groups in total. The minimum atomic E-state index is 0.669. The number of halogens is 1. The molecule has 0 aliphatic carbocycles. The van der Waals surface area contributed by atoms with E-state index < -0.39 is 0 Å². The zero-order valence-corrected chi connectivity index (χ0v) is 15.5. The van der Waals surface area contributed by atoms with Crippen LogP contribution in [0, 0.1) is 0 Å². The maximum absolute atomic E-state index is 5.91. The minimum Gasteiger partial charge on any atom is -0.313 e. The maximum Gasteiger partial charge on any atom is 0.0406 e. The van der Waals surface area contributed by atoms with E-state index in [2.05, 4.69) is 52.7 Å².